The minimum absolute atomic E-state index is 0.0779. The van der Waals surface area contributed by atoms with Gasteiger partial charge < -0.3 is 19.0 Å². The Hall–Kier alpha value is -3.45. The highest BCUT2D eigenvalue weighted by atomic mass is 16.5. The SMILES string of the molecule is O=C(CCc1nnc(Cc2c[nH]c3ccccc23)o1)N1CCC[C@H](OCc2ccccc2)C1. The van der Waals surface area contributed by atoms with Gasteiger partial charge in [0.25, 0.3) is 0 Å². The first-order valence-electron chi connectivity index (χ1n) is 11.5. The van der Waals surface area contributed by atoms with Gasteiger partial charge in [0.2, 0.25) is 17.7 Å². The Bertz CT molecular complexity index is 1200. The number of H-pyrrole nitrogens is 1. The highest BCUT2D eigenvalue weighted by Crippen LogP contribution is 2.21. The molecule has 0 saturated carbocycles. The first kappa shape index (κ1) is 21.4. The molecular formula is C26H28N4O3. The van der Waals surface area contributed by atoms with Crippen molar-refractivity contribution in [3.05, 3.63) is 83.7 Å². The van der Waals surface area contributed by atoms with Gasteiger partial charge in [0.15, 0.2) is 0 Å². The number of nitrogens with one attached hydrogen (secondary N) is 1. The van der Waals surface area contributed by atoms with Crippen molar-refractivity contribution < 1.29 is 13.9 Å². The number of carbonyl (C=O) groups excluding carboxylic acids is 1. The van der Waals surface area contributed by atoms with Crippen LogP contribution >= 0.6 is 0 Å². The number of rotatable bonds is 8. The molecule has 33 heavy (non-hydrogen) atoms. The molecule has 5 rings (SSSR count). The molecule has 1 aliphatic heterocycles. The first-order valence-corrected chi connectivity index (χ1v) is 11.5. The molecule has 1 aliphatic rings. The molecule has 170 valence electrons. The lowest BCUT2D eigenvalue weighted by atomic mass is 10.1. The third-order valence-corrected chi connectivity index (χ3v) is 6.14. The van der Waals surface area contributed by atoms with E-state index in [1.54, 1.807) is 0 Å². The largest absolute Gasteiger partial charge is 0.425 e. The lowest BCUT2D eigenvalue weighted by molar-refractivity contribution is -0.135. The molecule has 1 N–H and O–H groups in total. The van der Waals surface area contributed by atoms with Gasteiger partial charge in [-0.15, -0.1) is 10.2 Å². The molecule has 7 nitrogen and oxygen atoms in total. The third-order valence-electron chi connectivity index (χ3n) is 6.14. The zero-order valence-corrected chi connectivity index (χ0v) is 18.6. The number of piperidine rings is 1. The Kier molecular flexibility index (Phi) is 6.48. The zero-order chi connectivity index (χ0) is 22.5. The van der Waals surface area contributed by atoms with Crippen molar-refractivity contribution in [3.8, 4) is 0 Å². The van der Waals surface area contributed by atoms with Gasteiger partial charge in [-0.25, -0.2) is 0 Å². The van der Waals surface area contributed by atoms with Crippen LogP contribution in [0.3, 0.4) is 0 Å². The first-order chi connectivity index (χ1) is 16.2. The summed E-state index contributed by atoms with van der Waals surface area (Å²) in [5.74, 6) is 1.18. The van der Waals surface area contributed by atoms with Crippen molar-refractivity contribution in [1.82, 2.24) is 20.1 Å². The van der Waals surface area contributed by atoms with E-state index in [0.717, 1.165) is 41.4 Å². The van der Waals surface area contributed by atoms with Crippen molar-refractivity contribution in [3.63, 3.8) is 0 Å². The molecule has 1 atom stereocenters. The number of ether oxygens (including phenoxy) is 1. The number of hydrogen-bond donors (Lipinski definition) is 1. The molecule has 2 aromatic carbocycles. The zero-order valence-electron chi connectivity index (χ0n) is 18.6. The van der Waals surface area contributed by atoms with E-state index in [2.05, 4.69) is 33.4 Å². The second kappa shape index (κ2) is 10.0. The molecular weight excluding hydrogens is 416 g/mol. The topological polar surface area (TPSA) is 84.2 Å². The van der Waals surface area contributed by atoms with E-state index in [1.165, 1.54) is 0 Å². The van der Waals surface area contributed by atoms with Crippen molar-refractivity contribution in [1.29, 1.82) is 0 Å². The van der Waals surface area contributed by atoms with Crippen LogP contribution < -0.4 is 0 Å². The van der Waals surface area contributed by atoms with Crippen molar-refractivity contribution in [2.45, 2.75) is 44.8 Å². The lowest BCUT2D eigenvalue weighted by Crippen LogP contribution is -2.43. The van der Waals surface area contributed by atoms with Crippen LogP contribution in [0, 0.1) is 0 Å². The molecule has 2 aromatic heterocycles. The Morgan fingerprint density at radius 2 is 1.91 bits per heavy atom. The predicted molar refractivity (Wildman–Crippen MR) is 125 cm³/mol. The summed E-state index contributed by atoms with van der Waals surface area (Å²) >= 11 is 0. The third kappa shape index (κ3) is 5.31. The van der Waals surface area contributed by atoms with Crippen molar-refractivity contribution in [2.75, 3.05) is 13.1 Å². The monoisotopic (exact) mass is 444 g/mol. The van der Waals surface area contributed by atoms with Crippen LogP contribution in [0.15, 0.2) is 65.2 Å². The summed E-state index contributed by atoms with van der Waals surface area (Å²) in [7, 11) is 0. The molecule has 4 aromatic rings. The molecule has 1 saturated heterocycles. The number of nitrogens with zero attached hydrogens (tertiary/aromatic N) is 3. The fourth-order valence-electron chi connectivity index (χ4n) is 4.36. The van der Waals surface area contributed by atoms with Crippen LogP contribution in [0.2, 0.25) is 0 Å². The standard InChI is InChI=1S/C26H28N4O3/c31-26(30-14-6-9-21(17-30)32-18-19-7-2-1-3-8-19)13-12-24-28-29-25(33-24)15-20-16-27-23-11-5-4-10-22(20)23/h1-5,7-8,10-11,16,21,27H,6,9,12-15,17-18H2/t21-/m0/s1. The fourth-order valence-corrected chi connectivity index (χ4v) is 4.36. The lowest BCUT2D eigenvalue weighted by Gasteiger charge is -2.32. The van der Waals surface area contributed by atoms with E-state index in [4.69, 9.17) is 9.15 Å². The quantitative estimate of drug-likeness (QED) is 0.438. The van der Waals surface area contributed by atoms with Gasteiger partial charge in [-0.1, -0.05) is 48.5 Å². The van der Waals surface area contributed by atoms with E-state index < -0.39 is 0 Å². The number of aromatic nitrogens is 3. The maximum absolute atomic E-state index is 12.8. The Morgan fingerprint density at radius 3 is 2.82 bits per heavy atom. The number of benzene rings is 2. The van der Waals surface area contributed by atoms with Crippen LogP contribution in [0.4, 0.5) is 0 Å². The molecule has 0 bridgehead atoms. The highest BCUT2D eigenvalue weighted by Gasteiger charge is 2.24. The number of carbonyl (C=O) groups is 1. The normalized spacial score (nSPS) is 16.4. The number of amides is 1. The minimum Gasteiger partial charge on any atom is -0.425 e. The summed E-state index contributed by atoms with van der Waals surface area (Å²) in [6, 6.07) is 18.3. The minimum atomic E-state index is 0.0779. The van der Waals surface area contributed by atoms with Crippen molar-refractivity contribution >= 4 is 16.8 Å². The molecule has 3 heterocycles. The van der Waals surface area contributed by atoms with E-state index in [0.29, 0.717) is 44.2 Å². The molecule has 7 heteroatoms. The second-order valence-electron chi connectivity index (χ2n) is 8.53. The van der Waals surface area contributed by atoms with Crippen LogP contribution in [-0.2, 0) is 29.0 Å². The summed E-state index contributed by atoms with van der Waals surface area (Å²) in [6.07, 6.45) is 5.38. The van der Waals surface area contributed by atoms with E-state index in [1.807, 2.05) is 47.5 Å². The molecule has 0 spiro atoms. The summed E-state index contributed by atoms with van der Waals surface area (Å²) in [4.78, 5) is 17.9. The number of para-hydroxylation sites is 1. The molecule has 0 aliphatic carbocycles. The van der Waals surface area contributed by atoms with E-state index >= 15 is 0 Å². The van der Waals surface area contributed by atoms with Crippen molar-refractivity contribution in [2.24, 2.45) is 0 Å². The number of aromatic amines is 1. The predicted octanol–water partition coefficient (Wildman–Crippen LogP) is 4.28. The van der Waals surface area contributed by atoms with Gasteiger partial charge in [-0.2, -0.15) is 0 Å². The molecule has 1 amide bonds. The van der Waals surface area contributed by atoms with Gasteiger partial charge in [0.1, 0.15) is 0 Å². The van der Waals surface area contributed by atoms with E-state index in [-0.39, 0.29) is 12.0 Å². The van der Waals surface area contributed by atoms with Gasteiger partial charge in [-0.3, -0.25) is 4.79 Å². The molecule has 1 fully saturated rings. The van der Waals surface area contributed by atoms with Crippen LogP contribution in [-0.4, -0.2) is 45.2 Å². The Balaban J connectivity index is 1.11. The maximum atomic E-state index is 12.8. The summed E-state index contributed by atoms with van der Waals surface area (Å²) < 4.78 is 11.9. The Morgan fingerprint density at radius 1 is 1.09 bits per heavy atom. The average molecular weight is 445 g/mol. The number of likely N-dealkylation sites (tertiary alicyclic amines) is 1. The van der Waals surface area contributed by atoms with Gasteiger partial charge in [-0.05, 0) is 30.0 Å². The maximum Gasteiger partial charge on any atom is 0.223 e. The summed E-state index contributed by atoms with van der Waals surface area (Å²) in [6.45, 7) is 2.00. The molecule has 0 unspecified atom stereocenters. The average Bonchev–Trinajstić information content (AvgIpc) is 3.49. The van der Waals surface area contributed by atoms with Gasteiger partial charge >= 0.3 is 0 Å². The Labute approximate surface area is 192 Å². The van der Waals surface area contributed by atoms with E-state index in [9.17, 15) is 4.79 Å². The number of aryl methyl sites for hydroxylation is 1. The number of fused-ring (bicyclic) bond motifs is 1. The second-order valence-corrected chi connectivity index (χ2v) is 8.53. The molecule has 0 radical (unpaired) electrons. The van der Waals surface area contributed by atoms with Gasteiger partial charge in [0.05, 0.1) is 19.1 Å². The fraction of sp³-hybridized carbons (Fsp3) is 0.346. The highest BCUT2D eigenvalue weighted by molar-refractivity contribution is 5.83. The smallest absolute Gasteiger partial charge is 0.223 e. The van der Waals surface area contributed by atoms with Crippen LogP contribution in [0.1, 0.15) is 42.2 Å². The van der Waals surface area contributed by atoms with Crippen LogP contribution in [0.5, 0.6) is 0 Å². The van der Waals surface area contributed by atoms with Crippen LogP contribution in [0.25, 0.3) is 10.9 Å². The summed E-state index contributed by atoms with van der Waals surface area (Å²) in [5, 5.41) is 9.48. The number of hydrogen-bond acceptors (Lipinski definition) is 5. The van der Waals surface area contributed by atoms with Gasteiger partial charge in [0, 0.05) is 43.0 Å². The summed E-state index contributed by atoms with van der Waals surface area (Å²) in [5.41, 5.74) is 3.36.